The van der Waals surface area contributed by atoms with Crippen molar-refractivity contribution in [2.24, 2.45) is 0 Å². The number of amides is 2. The largest absolute Gasteiger partial charge is 0.480 e. The van der Waals surface area contributed by atoms with Crippen LogP contribution in [0, 0.1) is 0 Å². The molecule has 0 bridgehead atoms. The first-order valence-corrected chi connectivity index (χ1v) is 44.1. The van der Waals surface area contributed by atoms with Gasteiger partial charge in [-0.3, -0.25) is 18.9 Å². The number of unbranched alkanes of at least 4 members (excludes halogenated alkanes) is 45. The van der Waals surface area contributed by atoms with E-state index in [-0.39, 0.29) is 19.3 Å². The van der Waals surface area contributed by atoms with E-state index < -0.39 is 106 Å². The van der Waals surface area contributed by atoms with Gasteiger partial charge < -0.3 is 59.1 Å². The summed E-state index contributed by atoms with van der Waals surface area (Å²) in [5.74, 6) is -3.26. The van der Waals surface area contributed by atoms with E-state index in [1.807, 2.05) is 0 Å². The summed E-state index contributed by atoms with van der Waals surface area (Å²) >= 11 is 0. The van der Waals surface area contributed by atoms with E-state index in [4.69, 9.17) is 32.9 Å². The Bertz CT molecular complexity index is 1880. The molecule has 8 atom stereocenters. The fraction of sp³-hybridized carbons (Fsp3) is 0.951. The Morgan fingerprint density at radius 2 is 0.752 bits per heavy atom. The van der Waals surface area contributed by atoms with Crippen molar-refractivity contribution in [2.75, 3.05) is 46.2 Å². The number of nitrogens with one attached hydrogen (secondary N) is 2. The highest BCUT2D eigenvalue weighted by atomic mass is 31.2. The van der Waals surface area contributed by atoms with Crippen LogP contribution >= 0.6 is 7.82 Å². The molecule has 1 saturated heterocycles. The second kappa shape index (κ2) is 68.3. The van der Waals surface area contributed by atoms with E-state index in [2.05, 4.69) is 52.2 Å². The number of aliphatic hydroxyl groups is 1. The Morgan fingerprint density at radius 3 is 1.07 bits per heavy atom. The summed E-state index contributed by atoms with van der Waals surface area (Å²) in [6.07, 6.45) is 52.2. The van der Waals surface area contributed by atoms with Crippen molar-refractivity contribution in [3.8, 4) is 0 Å². The molecule has 0 aromatic rings. The number of aliphatic hydroxyl groups excluding tert-OH is 1. The quantitative estimate of drug-likeness (QED) is 0.0188. The molecule has 1 fully saturated rings. The van der Waals surface area contributed by atoms with E-state index in [0.29, 0.717) is 39.1 Å². The molecule has 18 nitrogen and oxygen atoms in total. The van der Waals surface area contributed by atoms with Gasteiger partial charge >= 0.3 is 19.8 Å². The van der Waals surface area contributed by atoms with Gasteiger partial charge in [0.2, 0.25) is 11.8 Å². The molecule has 598 valence electrons. The molecule has 19 heteroatoms. The number of carbonyl (C=O) groups excluding carboxylic acids is 3. The van der Waals surface area contributed by atoms with E-state index in [0.717, 1.165) is 148 Å². The molecule has 1 rings (SSSR count). The fourth-order valence-electron chi connectivity index (χ4n) is 14.0. The second-order valence-electron chi connectivity index (χ2n) is 30.0. The first-order chi connectivity index (χ1) is 49.1. The van der Waals surface area contributed by atoms with Crippen molar-refractivity contribution in [1.82, 2.24) is 10.6 Å². The zero-order valence-electron chi connectivity index (χ0n) is 65.9. The molecule has 0 aromatic carbocycles. The molecule has 0 aliphatic carbocycles. The number of carbonyl (C=O) groups is 4. The van der Waals surface area contributed by atoms with E-state index in [1.165, 1.54) is 180 Å². The maximum absolute atomic E-state index is 15.1. The Hall–Kier alpha value is -2.25. The van der Waals surface area contributed by atoms with Gasteiger partial charge in [-0.25, -0.2) is 9.36 Å². The van der Waals surface area contributed by atoms with Gasteiger partial charge in [0, 0.05) is 19.8 Å². The molecule has 2 amide bonds. The lowest BCUT2D eigenvalue weighted by molar-refractivity contribution is -0.216. The zero-order chi connectivity index (χ0) is 74.0. The maximum atomic E-state index is 15.1. The predicted octanol–water partition coefficient (Wildman–Crippen LogP) is 20.7. The summed E-state index contributed by atoms with van der Waals surface area (Å²) in [5.41, 5.74) is -2.00. The normalized spacial score (nSPS) is 17.6. The number of esters is 1. The lowest BCUT2D eigenvalue weighted by Crippen LogP contribution is -2.72. The minimum absolute atomic E-state index is 0.0576. The van der Waals surface area contributed by atoms with E-state index in [1.54, 1.807) is 0 Å². The summed E-state index contributed by atoms with van der Waals surface area (Å²) in [6, 6.07) is -1.58. The first kappa shape index (κ1) is 96.8. The van der Waals surface area contributed by atoms with Crippen LogP contribution in [0.3, 0.4) is 0 Å². The second-order valence-corrected chi connectivity index (χ2v) is 31.2. The highest BCUT2D eigenvalue weighted by Gasteiger charge is 2.56. The Kier molecular flexibility index (Phi) is 65.4. The van der Waals surface area contributed by atoms with Gasteiger partial charge in [0.05, 0.1) is 64.0 Å². The number of carboxylic acid groups (broad SMARTS) is 1. The van der Waals surface area contributed by atoms with E-state index in [9.17, 15) is 38.9 Å². The fourth-order valence-corrected chi connectivity index (χ4v) is 14.5. The molecule has 0 saturated carbocycles. The average Bonchev–Trinajstić information content (AvgIpc) is 0.762. The number of hydrogen-bond acceptors (Lipinski definition) is 13. The van der Waals surface area contributed by atoms with Crippen LogP contribution in [0.2, 0.25) is 0 Å². The highest BCUT2D eigenvalue weighted by Crippen LogP contribution is 2.43. The zero-order valence-corrected chi connectivity index (χ0v) is 66.8. The third kappa shape index (κ3) is 55.8. The summed E-state index contributed by atoms with van der Waals surface area (Å²) in [5, 5.41) is 27.3. The van der Waals surface area contributed by atoms with Crippen LogP contribution in [0.4, 0.5) is 0 Å². The lowest BCUT2D eigenvalue weighted by atomic mass is 9.84. The number of aliphatic carboxylic acids is 1. The maximum Gasteiger partial charge on any atom is 0.470 e. The molecule has 0 aromatic heterocycles. The lowest BCUT2D eigenvalue weighted by Gasteiger charge is -2.49. The van der Waals surface area contributed by atoms with Gasteiger partial charge in [-0.15, -0.1) is 0 Å². The van der Waals surface area contributed by atoms with Crippen LogP contribution in [-0.4, -0.2) is 138 Å². The van der Waals surface area contributed by atoms with Crippen molar-refractivity contribution in [3.63, 3.8) is 0 Å². The van der Waals surface area contributed by atoms with Crippen LogP contribution < -0.4 is 10.6 Å². The number of ether oxygens (including phenoxy) is 6. The Balaban J connectivity index is 3.78. The number of phosphoric acid groups is 1. The molecular weight excluding hydrogens is 1300 g/mol. The smallest absolute Gasteiger partial charge is 0.470 e. The van der Waals surface area contributed by atoms with Crippen molar-refractivity contribution in [2.45, 2.75) is 456 Å². The number of carboxylic acids is 1. The third-order valence-electron chi connectivity index (χ3n) is 20.3. The highest BCUT2D eigenvalue weighted by molar-refractivity contribution is 7.46. The Morgan fingerprint density at radius 1 is 0.446 bits per heavy atom. The van der Waals surface area contributed by atoms with Gasteiger partial charge in [0.15, 0.2) is 12.1 Å². The number of rotatable bonds is 77. The third-order valence-corrected chi connectivity index (χ3v) is 20.8. The van der Waals surface area contributed by atoms with E-state index >= 15 is 4.79 Å². The van der Waals surface area contributed by atoms with Crippen molar-refractivity contribution < 1.29 is 76.7 Å². The van der Waals surface area contributed by atoms with Crippen LogP contribution in [0.1, 0.15) is 408 Å². The monoisotopic (exact) mass is 1460 g/mol. The number of hydrogen-bond donors (Lipinski definition) is 6. The molecule has 0 spiro atoms. The molecular formula is C82H159N2O16P. The number of phosphoric ester groups is 1. The average molecular weight is 1460 g/mol. The summed E-state index contributed by atoms with van der Waals surface area (Å²) in [7, 11) is -5.46. The molecule has 6 N–H and O–H groups in total. The minimum atomic E-state index is -5.46. The van der Waals surface area contributed by atoms with Crippen LogP contribution in [-0.2, 0) is 56.7 Å². The van der Waals surface area contributed by atoms with Gasteiger partial charge in [0.25, 0.3) is 0 Å². The summed E-state index contributed by atoms with van der Waals surface area (Å²) in [4.78, 5) is 78.3. The van der Waals surface area contributed by atoms with Gasteiger partial charge in [0.1, 0.15) is 17.7 Å². The van der Waals surface area contributed by atoms with Gasteiger partial charge in [-0.05, 0) is 38.5 Å². The van der Waals surface area contributed by atoms with Gasteiger partial charge in [-0.2, -0.15) is 0 Å². The Labute approximate surface area is 618 Å². The van der Waals surface area contributed by atoms with Crippen molar-refractivity contribution in [1.29, 1.82) is 0 Å². The van der Waals surface area contributed by atoms with Crippen molar-refractivity contribution in [3.05, 3.63) is 0 Å². The molecule has 0 radical (unpaired) electrons. The van der Waals surface area contributed by atoms with Crippen LogP contribution in [0.15, 0.2) is 0 Å². The van der Waals surface area contributed by atoms with Gasteiger partial charge in [-0.1, -0.05) is 350 Å². The standard InChI is InChI=1S/C82H159N2O16P/c1-7-13-19-25-31-37-40-46-52-58-71(95-61-55-49-43-34-28-22-16-10-4)64-76(86)83-74(81(89)90)68-94-69-82(84-77(87)65-72(59-53-47-41-38-32-26-20-14-8-2)96-62-56-50-44-35-29-23-17-11-5)70-98-75(67-85)79(100-101(91,92)93)80(82)99-78(88)66-73(60-54-48-42-39-33-27-21-15-9-3)97-63-57-51-45-36-30-24-18-12-6/h71-75,79-80,85H,7-70H2,1-6H3,(H,83,86)(H,84,87)(H,89,90)(H2,91,92,93)/t71-,72-,73-,74+,75?,79-,80?,82?/m1/s1. The predicted molar refractivity (Wildman–Crippen MR) is 411 cm³/mol. The van der Waals surface area contributed by atoms with Crippen molar-refractivity contribution >= 4 is 31.6 Å². The molecule has 3 unspecified atom stereocenters. The molecule has 1 heterocycles. The summed E-state index contributed by atoms with van der Waals surface area (Å²) in [6.45, 7) is 12.1. The molecule has 101 heavy (non-hydrogen) atoms. The molecule has 1 aliphatic rings. The minimum Gasteiger partial charge on any atom is -0.480 e. The topological polar surface area (TPSA) is 255 Å². The summed E-state index contributed by atoms with van der Waals surface area (Å²) < 4.78 is 57.0. The van der Waals surface area contributed by atoms with Crippen LogP contribution in [0.5, 0.6) is 0 Å². The SMILES string of the molecule is CCCCCCCCCCC[C@H](CC(=O)N[C@@H](COCC1(NC(=O)C[C@@H](CCCCCCCCCCC)OCCCCCCCCCC)COC(CO)[C@@H](OP(=O)(O)O)C1OC(=O)C[C@@H](CCCCCCCCCCC)OCCCCCCCCCC)C(=O)O)OCCCCCCCCCC. The first-order valence-electron chi connectivity index (χ1n) is 42.5. The van der Waals surface area contributed by atoms with Crippen LogP contribution in [0.25, 0.3) is 0 Å². The molecule has 1 aliphatic heterocycles.